The van der Waals surface area contributed by atoms with Gasteiger partial charge in [0.15, 0.2) is 0 Å². The molecule has 0 radical (unpaired) electrons. The number of piperidine rings is 1. The topological polar surface area (TPSA) is 74.2 Å². The smallest absolute Gasteiger partial charge is 0.416 e. The van der Waals surface area contributed by atoms with E-state index in [4.69, 9.17) is 0 Å². The molecular formula is C17H18F5N5O. The van der Waals surface area contributed by atoms with Crippen LogP contribution in [0, 0.1) is 6.92 Å². The number of aromatic nitrogens is 3. The molecular weight excluding hydrogens is 385 g/mol. The predicted molar refractivity (Wildman–Crippen MR) is 91.1 cm³/mol. The summed E-state index contributed by atoms with van der Waals surface area (Å²) in [5.41, 5.74) is -0.710. The summed E-state index contributed by atoms with van der Waals surface area (Å²) in [5.74, 6) is -3.68. The van der Waals surface area contributed by atoms with E-state index < -0.39 is 29.5 Å². The van der Waals surface area contributed by atoms with Crippen LogP contribution in [-0.4, -0.2) is 57.3 Å². The predicted octanol–water partition coefficient (Wildman–Crippen LogP) is 3.32. The highest BCUT2D eigenvalue weighted by Crippen LogP contribution is 2.36. The number of phenolic OH excluding ortho intramolecular Hbond substituents is 1. The van der Waals surface area contributed by atoms with E-state index in [2.05, 4.69) is 20.5 Å². The van der Waals surface area contributed by atoms with Crippen molar-refractivity contribution in [1.82, 2.24) is 20.1 Å². The summed E-state index contributed by atoms with van der Waals surface area (Å²) >= 11 is 0. The molecule has 1 aliphatic rings. The van der Waals surface area contributed by atoms with Crippen molar-refractivity contribution >= 4 is 5.95 Å². The fourth-order valence-electron chi connectivity index (χ4n) is 2.98. The van der Waals surface area contributed by atoms with Gasteiger partial charge in [-0.05, 0) is 32.2 Å². The third-order valence-corrected chi connectivity index (χ3v) is 4.58. The summed E-state index contributed by atoms with van der Waals surface area (Å²) in [6.07, 6.45) is -4.90. The average molecular weight is 403 g/mol. The number of phenols is 1. The van der Waals surface area contributed by atoms with Gasteiger partial charge < -0.3 is 15.3 Å². The highest BCUT2D eigenvalue weighted by molar-refractivity contribution is 5.69. The normalized spacial score (nSPS) is 20.2. The van der Waals surface area contributed by atoms with Crippen LogP contribution in [0.3, 0.4) is 0 Å². The maximum atomic E-state index is 14.1. The minimum atomic E-state index is -4.60. The molecule has 2 aromatic rings. The molecule has 3 rings (SSSR count). The van der Waals surface area contributed by atoms with Crippen molar-refractivity contribution in [2.45, 2.75) is 31.5 Å². The summed E-state index contributed by atoms with van der Waals surface area (Å²) < 4.78 is 66.3. The molecule has 0 spiro atoms. The monoisotopic (exact) mass is 403 g/mol. The van der Waals surface area contributed by atoms with Crippen LogP contribution in [0.1, 0.15) is 17.7 Å². The number of likely N-dealkylation sites (N-methyl/N-ethyl adjacent to an activating group) is 1. The second kappa shape index (κ2) is 7.12. The van der Waals surface area contributed by atoms with Gasteiger partial charge in [-0.2, -0.15) is 13.2 Å². The van der Waals surface area contributed by atoms with Crippen LogP contribution in [0.25, 0.3) is 11.3 Å². The highest BCUT2D eigenvalue weighted by Gasteiger charge is 2.43. The van der Waals surface area contributed by atoms with Gasteiger partial charge in [0.2, 0.25) is 5.95 Å². The first-order valence-corrected chi connectivity index (χ1v) is 8.42. The quantitative estimate of drug-likeness (QED) is 0.766. The second-order valence-electron chi connectivity index (χ2n) is 6.77. The molecule has 28 heavy (non-hydrogen) atoms. The number of aromatic hydroxyl groups is 1. The number of aryl methyl sites for hydroxylation is 1. The van der Waals surface area contributed by atoms with Gasteiger partial charge in [0.25, 0.3) is 5.92 Å². The van der Waals surface area contributed by atoms with Gasteiger partial charge in [0, 0.05) is 25.1 Å². The van der Waals surface area contributed by atoms with Gasteiger partial charge in [-0.3, -0.25) is 0 Å². The van der Waals surface area contributed by atoms with E-state index >= 15 is 0 Å². The molecule has 1 aliphatic heterocycles. The number of benzene rings is 1. The lowest BCUT2D eigenvalue weighted by molar-refractivity contribution is -0.137. The number of nitrogens with one attached hydrogen (secondary N) is 1. The molecule has 0 saturated carbocycles. The maximum Gasteiger partial charge on any atom is 0.416 e. The van der Waals surface area contributed by atoms with Crippen molar-refractivity contribution in [3.8, 4) is 17.0 Å². The molecule has 0 bridgehead atoms. The summed E-state index contributed by atoms with van der Waals surface area (Å²) in [4.78, 5) is 5.83. The van der Waals surface area contributed by atoms with Gasteiger partial charge in [0.1, 0.15) is 17.5 Å². The van der Waals surface area contributed by atoms with Crippen molar-refractivity contribution in [1.29, 1.82) is 0 Å². The third kappa shape index (κ3) is 4.13. The first-order valence-electron chi connectivity index (χ1n) is 8.42. The zero-order valence-electron chi connectivity index (χ0n) is 15.1. The molecule has 2 N–H and O–H groups in total. The van der Waals surface area contributed by atoms with E-state index in [1.807, 2.05) is 0 Å². The van der Waals surface area contributed by atoms with Gasteiger partial charge in [-0.15, -0.1) is 10.2 Å². The molecule has 1 aromatic carbocycles. The van der Waals surface area contributed by atoms with Gasteiger partial charge >= 0.3 is 6.18 Å². The van der Waals surface area contributed by atoms with Crippen LogP contribution in [0.2, 0.25) is 0 Å². The highest BCUT2D eigenvalue weighted by atomic mass is 19.4. The zero-order valence-corrected chi connectivity index (χ0v) is 15.1. The van der Waals surface area contributed by atoms with Gasteiger partial charge in [-0.1, -0.05) is 0 Å². The van der Waals surface area contributed by atoms with Crippen molar-refractivity contribution < 1.29 is 27.1 Å². The summed E-state index contributed by atoms with van der Waals surface area (Å²) in [6.45, 7) is 1.86. The molecule has 6 nitrogen and oxygen atoms in total. The molecule has 11 heteroatoms. The van der Waals surface area contributed by atoms with E-state index in [1.165, 1.54) is 6.92 Å². The minimum Gasteiger partial charge on any atom is -0.507 e. The number of hydrogen-bond donors (Lipinski definition) is 2. The average Bonchev–Trinajstić information content (AvgIpc) is 2.58. The molecule has 0 amide bonds. The summed E-state index contributed by atoms with van der Waals surface area (Å²) in [5, 5.41) is 20.1. The minimum absolute atomic E-state index is 0.0137. The summed E-state index contributed by atoms with van der Waals surface area (Å²) in [7, 11) is 1.73. The number of likely N-dealkylation sites (tertiary alicyclic amines) is 1. The van der Waals surface area contributed by atoms with Crippen LogP contribution in [-0.2, 0) is 6.18 Å². The Labute approximate surface area is 157 Å². The van der Waals surface area contributed by atoms with Crippen LogP contribution in [0.15, 0.2) is 18.2 Å². The third-order valence-electron chi connectivity index (χ3n) is 4.58. The SMILES string of the molecule is Cc1nc(N[C@H]2CN(C)CCC2(F)F)nnc1-c1ccc(C(F)(F)F)cc1O. The zero-order chi connectivity index (χ0) is 20.7. The molecule has 1 fully saturated rings. The van der Waals surface area contributed by atoms with E-state index in [0.29, 0.717) is 6.07 Å². The Bertz CT molecular complexity index is 874. The Morgan fingerprint density at radius 3 is 2.57 bits per heavy atom. The Morgan fingerprint density at radius 2 is 1.96 bits per heavy atom. The number of rotatable bonds is 3. The number of anilines is 1. The molecule has 152 valence electrons. The largest absolute Gasteiger partial charge is 0.507 e. The lowest BCUT2D eigenvalue weighted by Crippen LogP contribution is -2.53. The van der Waals surface area contributed by atoms with E-state index in [0.717, 1.165) is 12.1 Å². The number of alkyl halides is 5. The van der Waals surface area contributed by atoms with E-state index in [9.17, 15) is 27.1 Å². The van der Waals surface area contributed by atoms with E-state index in [-0.39, 0.29) is 42.4 Å². The summed E-state index contributed by atoms with van der Waals surface area (Å²) in [6, 6.07) is 1.26. The lowest BCUT2D eigenvalue weighted by atomic mass is 10.0. The van der Waals surface area contributed by atoms with Crippen molar-refractivity contribution in [2.75, 3.05) is 25.5 Å². The van der Waals surface area contributed by atoms with E-state index in [1.54, 1.807) is 11.9 Å². The number of hydrogen-bond acceptors (Lipinski definition) is 6. The van der Waals surface area contributed by atoms with Crippen molar-refractivity contribution in [3.63, 3.8) is 0 Å². The number of halogens is 5. The number of nitrogens with zero attached hydrogens (tertiary/aromatic N) is 4. The molecule has 1 saturated heterocycles. The van der Waals surface area contributed by atoms with Crippen LogP contribution in [0.4, 0.5) is 27.9 Å². The van der Waals surface area contributed by atoms with Crippen LogP contribution in [0.5, 0.6) is 5.75 Å². The standard InChI is InChI=1S/C17H18F5N5O/c1-9-14(11-4-3-10(7-12(11)28)17(20,21)22)25-26-15(23-9)24-13-8-27(2)6-5-16(13,18)19/h3-4,7,13,28H,5-6,8H2,1-2H3,(H,23,24,26)/t13-/m0/s1. The molecule has 2 heterocycles. The van der Waals surface area contributed by atoms with Crippen LogP contribution < -0.4 is 5.32 Å². The van der Waals surface area contributed by atoms with Gasteiger partial charge in [0.05, 0.1) is 11.3 Å². The Balaban J connectivity index is 1.85. The van der Waals surface area contributed by atoms with Crippen molar-refractivity contribution in [2.24, 2.45) is 0 Å². The van der Waals surface area contributed by atoms with Crippen molar-refractivity contribution in [3.05, 3.63) is 29.5 Å². The first kappa shape index (κ1) is 20.2. The second-order valence-corrected chi connectivity index (χ2v) is 6.77. The fraction of sp³-hybridized carbons (Fsp3) is 0.471. The lowest BCUT2D eigenvalue weighted by Gasteiger charge is -2.36. The molecule has 0 aliphatic carbocycles. The first-order chi connectivity index (χ1) is 13.0. The maximum absolute atomic E-state index is 14.1. The van der Waals surface area contributed by atoms with Crippen LogP contribution >= 0.6 is 0 Å². The fourth-order valence-corrected chi connectivity index (χ4v) is 2.98. The Kier molecular flexibility index (Phi) is 5.13. The molecule has 1 atom stereocenters. The Morgan fingerprint density at radius 1 is 1.25 bits per heavy atom. The Hall–Kier alpha value is -2.56. The molecule has 1 aromatic heterocycles. The van der Waals surface area contributed by atoms with Gasteiger partial charge in [-0.25, -0.2) is 13.8 Å². The molecule has 0 unspecified atom stereocenters.